The highest BCUT2D eigenvalue weighted by Gasteiger charge is 2.21. The van der Waals surface area contributed by atoms with Gasteiger partial charge < -0.3 is 15.4 Å². The Hall–Kier alpha value is -1.83. The van der Waals surface area contributed by atoms with Crippen LogP contribution in [0.4, 0.5) is 0 Å². The fourth-order valence-electron chi connectivity index (χ4n) is 1.86. The fourth-order valence-corrected chi connectivity index (χ4v) is 2.56. The lowest BCUT2D eigenvalue weighted by Gasteiger charge is -2.06. The highest BCUT2D eigenvalue weighted by molar-refractivity contribution is 7.91. The van der Waals surface area contributed by atoms with Gasteiger partial charge in [-0.2, -0.15) is 0 Å². The Labute approximate surface area is 117 Å². The number of sulfone groups is 1. The van der Waals surface area contributed by atoms with Crippen LogP contribution in [-0.2, 0) is 9.84 Å². The minimum absolute atomic E-state index is 0.00146. The van der Waals surface area contributed by atoms with Gasteiger partial charge in [0.1, 0.15) is 5.69 Å². The van der Waals surface area contributed by atoms with Gasteiger partial charge in [0.15, 0.2) is 9.84 Å². The van der Waals surface area contributed by atoms with Crippen LogP contribution in [0.15, 0.2) is 0 Å². The van der Waals surface area contributed by atoms with Crippen LogP contribution in [0.2, 0.25) is 0 Å². The van der Waals surface area contributed by atoms with Crippen molar-refractivity contribution >= 4 is 21.7 Å². The molecule has 0 spiro atoms. The summed E-state index contributed by atoms with van der Waals surface area (Å²) in [6.45, 7) is 4.67. The van der Waals surface area contributed by atoms with E-state index in [1.165, 1.54) is 13.8 Å². The molecule has 1 heterocycles. The number of H-pyrrole nitrogens is 1. The molecule has 112 valence electrons. The SMILES string of the molecule is CCS(=O)(=O)CCNC(=O)c1c(C)[nH]c(C(=O)O)c1C. The summed E-state index contributed by atoms with van der Waals surface area (Å²) < 4.78 is 22.6. The molecule has 1 aromatic rings. The quantitative estimate of drug-likeness (QED) is 0.707. The Morgan fingerprint density at radius 2 is 1.90 bits per heavy atom. The number of nitrogens with one attached hydrogen (secondary N) is 2. The molecule has 20 heavy (non-hydrogen) atoms. The summed E-state index contributed by atoms with van der Waals surface area (Å²) in [6, 6.07) is 0. The first kappa shape index (κ1) is 16.2. The summed E-state index contributed by atoms with van der Waals surface area (Å²) in [4.78, 5) is 25.6. The second-order valence-corrected chi connectivity index (χ2v) is 6.90. The molecule has 0 atom stereocenters. The van der Waals surface area contributed by atoms with Crippen molar-refractivity contribution in [3.05, 3.63) is 22.5 Å². The second kappa shape index (κ2) is 6.08. The van der Waals surface area contributed by atoms with Gasteiger partial charge >= 0.3 is 5.97 Å². The third-order valence-corrected chi connectivity index (χ3v) is 4.72. The Morgan fingerprint density at radius 1 is 1.30 bits per heavy atom. The van der Waals surface area contributed by atoms with Gasteiger partial charge in [-0.1, -0.05) is 6.92 Å². The van der Waals surface area contributed by atoms with Gasteiger partial charge in [0.2, 0.25) is 0 Å². The third-order valence-electron chi connectivity index (χ3n) is 3.02. The summed E-state index contributed by atoms with van der Waals surface area (Å²) >= 11 is 0. The van der Waals surface area contributed by atoms with E-state index >= 15 is 0 Å². The number of hydrogen-bond acceptors (Lipinski definition) is 4. The molecule has 7 nitrogen and oxygen atoms in total. The zero-order valence-electron chi connectivity index (χ0n) is 11.6. The molecular formula is C12H18N2O5S. The van der Waals surface area contributed by atoms with Crippen LogP contribution in [0, 0.1) is 13.8 Å². The van der Waals surface area contributed by atoms with E-state index in [-0.39, 0.29) is 29.3 Å². The number of carboxylic acid groups (broad SMARTS) is 1. The molecule has 1 aromatic heterocycles. The van der Waals surface area contributed by atoms with Crippen LogP contribution in [0.5, 0.6) is 0 Å². The number of carbonyl (C=O) groups excluding carboxylic acids is 1. The van der Waals surface area contributed by atoms with Crippen molar-refractivity contribution in [2.75, 3.05) is 18.1 Å². The van der Waals surface area contributed by atoms with Crippen molar-refractivity contribution in [3.63, 3.8) is 0 Å². The van der Waals surface area contributed by atoms with E-state index in [1.54, 1.807) is 6.92 Å². The van der Waals surface area contributed by atoms with Gasteiger partial charge in [-0.3, -0.25) is 4.79 Å². The molecule has 0 saturated carbocycles. The van der Waals surface area contributed by atoms with Gasteiger partial charge in [0.05, 0.1) is 11.3 Å². The molecular weight excluding hydrogens is 284 g/mol. The van der Waals surface area contributed by atoms with Gasteiger partial charge in [0, 0.05) is 18.0 Å². The van der Waals surface area contributed by atoms with Crippen LogP contribution >= 0.6 is 0 Å². The first-order valence-corrected chi connectivity index (χ1v) is 7.92. The minimum atomic E-state index is -3.14. The van der Waals surface area contributed by atoms with Gasteiger partial charge in [-0.25, -0.2) is 13.2 Å². The number of aromatic amines is 1. The van der Waals surface area contributed by atoms with Gasteiger partial charge in [-0.15, -0.1) is 0 Å². The van der Waals surface area contributed by atoms with E-state index in [2.05, 4.69) is 10.3 Å². The first-order valence-electron chi connectivity index (χ1n) is 6.10. The zero-order valence-corrected chi connectivity index (χ0v) is 12.4. The minimum Gasteiger partial charge on any atom is -0.477 e. The smallest absolute Gasteiger partial charge is 0.352 e. The number of hydrogen-bond donors (Lipinski definition) is 3. The van der Waals surface area contributed by atoms with Crippen LogP contribution in [-0.4, -0.2) is 48.4 Å². The van der Waals surface area contributed by atoms with Crippen molar-refractivity contribution in [2.45, 2.75) is 20.8 Å². The van der Waals surface area contributed by atoms with E-state index in [1.807, 2.05) is 0 Å². The molecule has 0 aromatic carbocycles. The molecule has 0 unspecified atom stereocenters. The maximum atomic E-state index is 12.0. The molecule has 0 aliphatic heterocycles. The topological polar surface area (TPSA) is 116 Å². The highest BCUT2D eigenvalue weighted by atomic mass is 32.2. The third kappa shape index (κ3) is 3.60. The molecule has 0 bridgehead atoms. The van der Waals surface area contributed by atoms with Crippen molar-refractivity contribution in [1.82, 2.24) is 10.3 Å². The number of amides is 1. The summed E-state index contributed by atoms with van der Waals surface area (Å²) in [5.74, 6) is -1.73. The molecule has 0 aliphatic carbocycles. The Bertz CT molecular complexity index is 631. The number of carboxylic acids is 1. The summed E-state index contributed by atoms with van der Waals surface area (Å²) in [6.07, 6.45) is 0. The normalized spacial score (nSPS) is 11.3. The number of aryl methyl sites for hydroxylation is 1. The van der Waals surface area contributed by atoms with Crippen LogP contribution in [0.3, 0.4) is 0 Å². The standard InChI is InChI=1S/C12H18N2O5S/c1-4-20(18,19)6-5-13-11(15)9-7(2)10(12(16)17)14-8(9)3/h14H,4-6H2,1-3H3,(H,13,15)(H,16,17). The Morgan fingerprint density at radius 3 is 2.35 bits per heavy atom. The summed E-state index contributed by atoms with van der Waals surface area (Å²) in [7, 11) is -3.14. The molecule has 0 aliphatic rings. The highest BCUT2D eigenvalue weighted by Crippen LogP contribution is 2.17. The molecule has 0 radical (unpaired) electrons. The molecule has 0 fully saturated rings. The van der Waals surface area contributed by atoms with Crippen molar-refractivity contribution in [3.8, 4) is 0 Å². The van der Waals surface area contributed by atoms with Crippen molar-refractivity contribution in [2.24, 2.45) is 0 Å². The van der Waals surface area contributed by atoms with Crippen LogP contribution < -0.4 is 5.32 Å². The van der Waals surface area contributed by atoms with Crippen LogP contribution in [0.25, 0.3) is 0 Å². The number of aromatic nitrogens is 1. The predicted octanol–water partition coefficient (Wildman–Crippen LogP) is 0.494. The van der Waals surface area contributed by atoms with Crippen molar-refractivity contribution in [1.29, 1.82) is 0 Å². The lowest BCUT2D eigenvalue weighted by atomic mass is 10.1. The van der Waals surface area contributed by atoms with E-state index in [9.17, 15) is 18.0 Å². The molecule has 8 heteroatoms. The number of aromatic carboxylic acids is 1. The maximum absolute atomic E-state index is 12.0. The first-order chi connectivity index (χ1) is 9.19. The Balaban J connectivity index is 2.81. The van der Waals surface area contributed by atoms with E-state index < -0.39 is 21.7 Å². The average molecular weight is 302 g/mol. The number of carbonyl (C=O) groups is 2. The van der Waals surface area contributed by atoms with E-state index in [4.69, 9.17) is 5.11 Å². The summed E-state index contributed by atoms with van der Waals surface area (Å²) in [5.41, 5.74) is 0.992. The van der Waals surface area contributed by atoms with Gasteiger partial charge in [-0.05, 0) is 19.4 Å². The van der Waals surface area contributed by atoms with Gasteiger partial charge in [0.25, 0.3) is 5.91 Å². The fraction of sp³-hybridized carbons (Fsp3) is 0.500. The maximum Gasteiger partial charge on any atom is 0.352 e. The van der Waals surface area contributed by atoms with E-state index in [0.29, 0.717) is 11.3 Å². The molecule has 3 N–H and O–H groups in total. The van der Waals surface area contributed by atoms with E-state index in [0.717, 1.165) is 0 Å². The van der Waals surface area contributed by atoms with Crippen molar-refractivity contribution < 1.29 is 23.1 Å². The molecule has 1 rings (SSSR count). The molecule has 0 saturated heterocycles. The second-order valence-electron chi connectivity index (χ2n) is 4.42. The largest absolute Gasteiger partial charge is 0.477 e. The zero-order chi connectivity index (χ0) is 15.5. The average Bonchev–Trinajstić information content (AvgIpc) is 2.64. The summed E-state index contributed by atoms with van der Waals surface area (Å²) in [5, 5.41) is 11.4. The lowest BCUT2D eigenvalue weighted by Crippen LogP contribution is -2.30. The Kier molecular flexibility index (Phi) is 4.93. The molecule has 1 amide bonds. The van der Waals surface area contributed by atoms with Crippen LogP contribution in [0.1, 0.15) is 39.0 Å². The predicted molar refractivity (Wildman–Crippen MR) is 73.9 cm³/mol. The monoisotopic (exact) mass is 302 g/mol. The number of rotatable bonds is 6. The lowest BCUT2D eigenvalue weighted by molar-refractivity contribution is 0.0690.